The summed E-state index contributed by atoms with van der Waals surface area (Å²) >= 11 is 1.64. The number of thioether (sulfide) groups is 1. The number of likely N-dealkylation sites (tertiary alicyclic amines) is 1. The number of anilines is 1. The Kier molecular flexibility index (Phi) is 10.9. The van der Waals surface area contributed by atoms with Crippen molar-refractivity contribution in [3.63, 3.8) is 0 Å². The third-order valence-electron chi connectivity index (χ3n) is 6.77. The van der Waals surface area contributed by atoms with E-state index in [0.29, 0.717) is 17.7 Å². The summed E-state index contributed by atoms with van der Waals surface area (Å²) in [4.78, 5) is 31.3. The van der Waals surface area contributed by atoms with E-state index < -0.39 is 16.1 Å². The number of hydrogen-bond acceptors (Lipinski definition) is 9. The highest BCUT2D eigenvalue weighted by Crippen LogP contribution is 2.44. The molecule has 10 heteroatoms. The summed E-state index contributed by atoms with van der Waals surface area (Å²) in [6.45, 7) is 14.0. The molecule has 2 heterocycles. The molecule has 0 saturated carbocycles. The Hall–Kier alpha value is -2.56. The zero-order valence-electron chi connectivity index (χ0n) is 23.5. The van der Waals surface area contributed by atoms with Crippen LogP contribution in [0.5, 0.6) is 0 Å². The van der Waals surface area contributed by atoms with Crippen LogP contribution >= 0.6 is 11.8 Å². The number of carbonyl (C=O) groups excluding carboxylic acids is 2. The molecule has 1 unspecified atom stereocenters. The van der Waals surface area contributed by atoms with Crippen LogP contribution in [0, 0.1) is 11.8 Å². The van der Waals surface area contributed by atoms with Gasteiger partial charge in [-0.2, -0.15) is 0 Å². The van der Waals surface area contributed by atoms with Gasteiger partial charge in [-0.15, -0.1) is 0 Å². The van der Waals surface area contributed by atoms with Crippen molar-refractivity contribution in [3.05, 3.63) is 53.6 Å². The van der Waals surface area contributed by atoms with Gasteiger partial charge in [-0.25, -0.2) is 8.42 Å². The Morgan fingerprint density at radius 2 is 1.85 bits per heavy atom. The van der Waals surface area contributed by atoms with Gasteiger partial charge in [-0.05, 0) is 70.1 Å². The highest BCUT2D eigenvalue weighted by atomic mass is 32.2. The molecule has 1 fully saturated rings. The number of rotatable bonds is 11. The molecule has 39 heavy (non-hydrogen) atoms. The van der Waals surface area contributed by atoms with E-state index in [1.165, 1.54) is 6.26 Å². The maximum Gasteiger partial charge on any atom is 0.312 e. The van der Waals surface area contributed by atoms with Gasteiger partial charge in [0.1, 0.15) is 0 Å². The van der Waals surface area contributed by atoms with Gasteiger partial charge in [-0.3, -0.25) is 9.59 Å². The Morgan fingerprint density at radius 3 is 2.46 bits per heavy atom. The summed E-state index contributed by atoms with van der Waals surface area (Å²) in [6, 6.07) is 5.32. The van der Waals surface area contributed by atoms with E-state index in [2.05, 4.69) is 23.3 Å². The SMILES string of the molecule is C=C/C=C\C1=C(C)Sc2ccc(S(C)(=O)=O)cc2N1CCCN1CCC(C(=O)OC(C)OC(=O)C(C)C)CC1. The molecule has 2 aliphatic heterocycles. The van der Waals surface area contributed by atoms with Crippen molar-refractivity contribution >= 4 is 39.2 Å². The molecular formula is C29H40N2O6S2. The molecule has 0 aromatic heterocycles. The second-order valence-electron chi connectivity index (χ2n) is 10.3. The molecule has 0 radical (unpaired) electrons. The minimum Gasteiger partial charge on any atom is -0.425 e. The van der Waals surface area contributed by atoms with Gasteiger partial charge >= 0.3 is 11.9 Å². The molecule has 1 aromatic rings. The van der Waals surface area contributed by atoms with Gasteiger partial charge in [0.15, 0.2) is 9.84 Å². The lowest BCUT2D eigenvalue weighted by molar-refractivity contribution is -0.190. The summed E-state index contributed by atoms with van der Waals surface area (Å²) in [5.74, 6) is -1.19. The normalized spacial score (nSPS) is 17.8. The third kappa shape index (κ3) is 8.46. The predicted octanol–water partition coefficient (Wildman–Crippen LogP) is 5.17. The van der Waals surface area contributed by atoms with Crippen LogP contribution in [-0.2, 0) is 28.9 Å². The smallest absolute Gasteiger partial charge is 0.312 e. The van der Waals surface area contributed by atoms with E-state index in [9.17, 15) is 18.0 Å². The van der Waals surface area contributed by atoms with Crippen LogP contribution in [-0.4, -0.2) is 64.0 Å². The molecule has 0 aliphatic carbocycles. The van der Waals surface area contributed by atoms with E-state index in [4.69, 9.17) is 9.47 Å². The van der Waals surface area contributed by atoms with E-state index >= 15 is 0 Å². The Balaban J connectivity index is 1.59. The lowest BCUT2D eigenvalue weighted by Gasteiger charge is -2.35. The van der Waals surface area contributed by atoms with Crippen molar-refractivity contribution in [2.75, 3.05) is 37.3 Å². The lowest BCUT2D eigenvalue weighted by atomic mass is 9.97. The van der Waals surface area contributed by atoms with Gasteiger partial charge < -0.3 is 19.3 Å². The summed E-state index contributed by atoms with van der Waals surface area (Å²) in [5.41, 5.74) is 1.93. The standard InChI is InChI=1S/C29H40N2O6S2/c1-7-8-10-25-21(4)38-27-12-11-24(39(6,34)35)19-26(27)31(25)16-9-15-30-17-13-23(14-18-30)29(33)37-22(5)36-28(32)20(2)3/h7-8,10-12,19-20,22-23H,1,9,13-18H2,2-6H3/b10-8-. The minimum atomic E-state index is -3.33. The molecule has 0 bridgehead atoms. The number of ether oxygens (including phenoxy) is 2. The fourth-order valence-electron chi connectivity index (χ4n) is 4.60. The summed E-state index contributed by atoms with van der Waals surface area (Å²) < 4.78 is 35.0. The van der Waals surface area contributed by atoms with Gasteiger partial charge in [0.25, 0.3) is 0 Å². The molecule has 1 saturated heterocycles. The van der Waals surface area contributed by atoms with Gasteiger partial charge in [0.05, 0.1) is 28.1 Å². The molecular weight excluding hydrogens is 536 g/mol. The predicted molar refractivity (Wildman–Crippen MR) is 155 cm³/mol. The van der Waals surface area contributed by atoms with Crippen molar-refractivity contribution in [3.8, 4) is 0 Å². The van der Waals surface area contributed by atoms with Crippen LogP contribution in [0.15, 0.2) is 63.4 Å². The highest BCUT2D eigenvalue weighted by molar-refractivity contribution is 8.03. The van der Waals surface area contributed by atoms with Crippen molar-refractivity contribution in [1.29, 1.82) is 0 Å². The summed E-state index contributed by atoms with van der Waals surface area (Å²) in [6.07, 6.45) is 8.23. The Morgan fingerprint density at radius 1 is 1.15 bits per heavy atom. The van der Waals surface area contributed by atoms with E-state index in [1.54, 1.807) is 50.7 Å². The van der Waals surface area contributed by atoms with Crippen molar-refractivity contribution in [2.24, 2.45) is 11.8 Å². The fourth-order valence-corrected chi connectivity index (χ4v) is 6.26. The first-order valence-electron chi connectivity index (χ1n) is 13.3. The number of nitrogens with zero attached hydrogens (tertiary/aromatic N) is 2. The monoisotopic (exact) mass is 576 g/mol. The number of piperidine rings is 1. The van der Waals surface area contributed by atoms with Gasteiger partial charge in [-0.1, -0.05) is 44.3 Å². The Bertz CT molecular complexity index is 1230. The van der Waals surface area contributed by atoms with Crippen LogP contribution in [0.25, 0.3) is 0 Å². The molecule has 214 valence electrons. The van der Waals surface area contributed by atoms with Gasteiger partial charge in [0, 0.05) is 29.5 Å². The van der Waals surface area contributed by atoms with E-state index in [-0.39, 0.29) is 23.8 Å². The van der Waals surface area contributed by atoms with Crippen LogP contribution in [0.4, 0.5) is 5.69 Å². The Labute approximate surface area is 237 Å². The van der Waals surface area contributed by atoms with Gasteiger partial charge in [0.2, 0.25) is 6.29 Å². The van der Waals surface area contributed by atoms with Crippen LogP contribution in [0.2, 0.25) is 0 Å². The molecule has 0 spiro atoms. The molecule has 0 amide bonds. The van der Waals surface area contributed by atoms with Crippen LogP contribution < -0.4 is 4.90 Å². The average molecular weight is 577 g/mol. The second-order valence-corrected chi connectivity index (χ2v) is 13.5. The molecule has 0 N–H and O–H groups in total. The fraction of sp³-hybridized carbons (Fsp3) is 0.517. The number of hydrogen-bond donors (Lipinski definition) is 0. The summed E-state index contributed by atoms with van der Waals surface area (Å²) in [7, 11) is -3.33. The zero-order chi connectivity index (χ0) is 28.7. The molecule has 8 nitrogen and oxygen atoms in total. The summed E-state index contributed by atoms with van der Waals surface area (Å²) in [5, 5.41) is 0. The van der Waals surface area contributed by atoms with E-state index in [1.807, 2.05) is 18.2 Å². The molecule has 3 rings (SSSR count). The number of benzene rings is 1. The average Bonchev–Trinajstić information content (AvgIpc) is 2.87. The molecule has 2 aliphatic rings. The number of carbonyl (C=O) groups is 2. The van der Waals surface area contributed by atoms with Crippen molar-refractivity contribution in [1.82, 2.24) is 4.90 Å². The first-order chi connectivity index (χ1) is 18.4. The first kappa shape index (κ1) is 31.0. The first-order valence-corrected chi connectivity index (χ1v) is 16.0. The number of esters is 2. The second kappa shape index (κ2) is 13.7. The van der Waals surface area contributed by atoms with Crippen molar-refractivity contribution in [2.45, 2.75) is 63.0 Å². The van der Waals surface area contributed by atoms with Crippen LogP contribution in [0.3, 0.4) is 0 Å². The number of fused-ring (bicyclic) bond motifs is 1. The third-order valence-corrected chi connectivity index (χ3v) is 8.96. The molecule has 1 atom stereocenters. The number of allylic oxidation sites excluding steroid dienone is 4. The highest BCUT2D eigenvalue weighted by Gasteiger charge is 2.29. The van der Waals surface area contributed by atoms with Crippen LogP contribution in [0.1, 0.15) is 47.0 Å². The zero-order valence-corrected chi connectivity index (χ0v) is 25.1. The maximum atomic E-state index is 12.6. The largest absolute Gasteiger partial charge is 0.425 e. The maximum absolute atomic E-state index is 12.6. The quantitative estimate of drug-likeness (QED) is 0.201. The number of sulfone groups is 1. The topological polar surface area (TPSA) is 93.2 Å². The lowest BCUT2D eigenvalue weighted by Crippen LogP contribution is -2.39. The minimum absolute atomic E-state index is 0.205. The molecule has 1 aromatic carbocycles. The van der Waals surface area contributed by atoms with Crippen molar-refractivity contribution < 1.29 is 27.5 Å². The van der Waals surface area contributed by atoms with E-state index in [0.717, 1.165) is 53.8 Å².